The largest absolute Gasteiger partial charge is 0.454 e. The number of aliphatic hydroxyl groups is 5. The van der Waals surface area contributed by atoms with Crippen LogP contribution >= 0.6 is 0 Å². The minimum Gasteiger partial charge on any atom is -0.454 e. The van der Waals surface area contributed by atoms with Gasteiger partial charge < -0.3 is 35.0 Å². The Morgan fingerprint density at radius 1 is 0.300 bits per heavy atom. The van der Waals surface area contributed by atoms with E-state index in [1.807, 2.05) is 115 Å². The van der Waals surface area contributed by atoms with Crippen LogP contribution in [0.4, 0.5) is 0 Å². The fourth-order valence-electron chi connectivity index (χ4n) is 43.0. The Morgan fingerprint density at radius 2 is 0.693 bits per heavy atom. The van der Waals surface area contributed by atoms with Crippen LogP contribution in [0.25, 0.3) is 11.1 Å². The highest BCUT2D eigenvalue weighted by Crippen LogP contribution is 2.74. The van der Waals surface area contributed by atoms with Gasteiger partial charge in [-0.25, -0.2) is 0 Å². The summed E-state index contributed by atoms with van der Waals surface area (Å²) in [6.07, 6.45) is 59.5. The first-order valence-electron chi connectivity index (χ1n) is 61.3. The molecule has 0 unspecified atom stereocenters. The lowest BCUT2D eigenvalue weighted by atomic mass is 9.44. The van der Waals surface area contributed by atoms with Gasteiger partial charge >= 0.3 is 0 Å². The van der Waals surface area contributed by atoms with Crippen LogP contribution in [-0.2, 0) is 7.05 Å². The van der Waals surface area contributed by atoms with Gasteiger partial charge in [0.15, 0.2) is 40.4 Å². The van der Waals surface area contributed by atoms with Crippen molar-refractivity contribution >= 4 is 28.9 Å². The van der Waals surface area contributed by atoms with E-state index in [0.717, 1.165) is 225 Å². The highest BCUT2D eigenvalue weighted by atomic mass is 16.7. The van der Waals surface area contributed by atoms with Crippen molar-refractivity contribution in [3.05, 3.63) is 162 Å². The molecule has 1 aliphatic heterocycles. The number of rotatable bonds is 11. The average Bonchev–Trinajstić information content (AvgIpc) is 1.46. The molecule has 21 aliphatic rings. The number of pyridine rings is 2. The Balaban J connectivity index is 0.000000103. The Hall–Kier alpha value is -7.08. The van der Waals surface area contributed by atoms with Crippen molar-refractivity contribution in [1.29, 1.82) is 0 Å². The smallest absolute Gasteiger partial charge is 0.231 e. The second-order valence-electron chi connectivity index (χ2n) is 58.1. The lowest BCUT2D eigenvalue weighted by molar-refractivity contribution is -0.144. The summed E-state index contributed by atoms with van der Waals surface area (Å²) in [5.41, 5.74) is 4.92. The number of ketones is 5. The van der Waals surface area contributed by atoms with E-state index in [-0.39, 0.29) is 75.0 Å². The third kappa shape index (κ3) is 19.1. The van der Waals surface area contributed by atoms with E-state index in [0.29, 0.717) is 87.2 Å². The first kappa shape index (κ1) is 106. The van der Waals surface area contributed by atoms with Crippen LogP contribution in [0.3, 0.4) is 0 Å². The van der Waals surface area contributed by atoms with Gasteiger partial charge in [-0.15, -0.1) is 0 Å². The molecule has 20 saturated carbocycles. The highest BCUT2D eigenvalue weighted by Gasteiger charge is 2.68. The second kappa shape index (κ2) is 40.5. The van der Waals surface area contributed by atoms with Gasteiger partial charge in [-0.2, -0.15) is 5.10 Å². The number of carbonyl (C=O) groups excluding carboxylic acids is 5. The van der Waals surface area contributed by atoms with Crippen molar-refractivity contribution in [3.8, 4) is 22.6 Å². The molecule has 0 bridgehead atoms. The van der Waals surface area contributed by atoms with Gasteiger partial charge in [0.05, 0.1) is 28.0 Å². The summed E-state index contributed by atoms with van der Waals surface area (Å²) in [6.45, 7) is 25.2. The number of nitrogens with zero attached hydrogens (tertiary/aromatic N) is 4. The molecule has 3 aromatic heterocycles. The molecule has 20 aliphatic carbocycles. The van der Waals surface area contributed by atoms with E-state index >= 15 is 0 Å². The fourth-order valence-corrected chi connectivity index (χ4v) is 43.0. The molecule has 5 N–H and O–H groups in total. The summed E-state index contributed by atoms with van der Waals surface area (Å²) in [7, 11) is 1.89. The van der Waals surface area contributed by atoms with Gasteiger partial charge in [0.2, 0.25) is 6.79 Å². The average molecular weight is 2040 g/mol. The zero-order valence-corrected chi connectivity index (χ0v) is 93.4. The van der Waals surface area contributed by atoms with Gasteiger partial charge in [0, 0.05) is 78.1 Å². The summed E-state index contributed by atoms with van der Waals surface area (Å²) in [5.74, 6) is 22.0. The zero-order chi connectivity index (χ0) is 105. The number of aryl methyl sites for hydroxylation is 1. The first-order valence-corrected chi connectivity index (χ1v) is 61.3. The van der Waals surface area contributed by atoms with E-state index in [4.69, 9.17) is 9.47 Å². The normalized spacial score (nSPS) is 46.1. The Labute approximate surface area is 897 Å². The number of benzene rings is 3. The summed E-state index contributed by atoms with van der Waals surface area (Å²) < 4.78 is 12.7. The monoisotopic (exact) mass is 2040 g/mol. The molecular formula is C134H184N4O12. The third-order valence-electron chi connectivity index (χ3n) is 50.2. The lowest BCUT2D eigenvalue weighted by Crippen LogP contribution is -2.55. The van der Waals surface area contributed by atoms with E-state index in [2.05, 4.69) is 99.1 Å². The van der Waals surface area contributed by atoms with Crippen molar-refractivity contribution in [2.24, 2.45) is 211 Å². The molecule has 16 nitrogen and oxygen atoms in total. The number of Topliss-reactive ketones (excluding diaryl/α,β-unsaturated/α-hetero) is 5. The molecule has 0 spiro atoms. The maximum Gasteiger partial charge on any atom is 0.231 e. The van der Waals surface area contributed by atoms with Gasteiger partial charge in [-0.05, 0) is 558 Å². The Bertz CT molecular complexity index is 5760. The van der Waals surface area contributed by atoms with Crippen LogP contribution in [0, 0.1) is 204 Å². The van der Waals surface area contributed by atoms with E-state index in [1.165, 1.54) is 193 Å². The Morgan fingerprint density at radius 3 is 1.14 bits per heavy atom. The molecule has 0 amide bonds. The molecule has 27 rings (SSSR count). The molecule has 0 saturated heterocycles. The van der Waals surface area contributed by atoms with Crippen LogP contribution in [0.5, 0.6) is 11.5 Å². The molecule has 20 fully saturated rings. The minimum atomic E-state index is -0.465. The summed E-state index contributed by atoms with van der Waals surface area (Å²) in [4.78, 5) is 76.2. The molecule has 150 heavy (non-hydrogen) atoms. The van der Waals surface area contributed by atoms with E-state index in [9.17, 15) is 49.5 Å². The van der Waals surface area contributed by atoms with Gasteiger partial charge in [0.1, 0.15) is 11.4 Å². The van der Waals surface area contributed by atoms with Gasteiger partial charge in [-0.3, -0.25) is 38.6 Å². The van der Waals surface area contributed by atoms with Crippen LogP contribution in [0.2, 0.25) is 0 Å². The van der Waals surface area contributed by atoms with Gasteiger partial charge in [-0.1, -0.05) is 102 Å². The molecule has 16 heteroatoms. The van der Waals surface area contributed by atoms with Crippen LogP contribution in [0.15, 0.2) is 134 Å². The standard InChI is InChI=1S/C32H40O2.C27H36O4.C25H38N2O2.2C25H35NO2/c1-31(34)18-16-24-22(20-31)12-13-26-25(24)17-19-32(2)28(26)14-15-29(32)30(33)27-11-7-6-10-23(27)21-8-4-3-5-9-21;1-26(29)11-9-18-17(14-26)3-5-20-19(18)10-12-27(2)21(20)6-7-22(27)25(28)16-4-8-23-24(13-16)31-15-30-23;1-23(29)12-13-24(2)16(15-23)5-6-17-18-7-8-20(25(18,3)11-9-19(17)24)22(28)21-10-14-27(4)26-21;1-24(28)11-9-18-16(14-24)5-6-20-19(18)10-12-25(2)21(20)7-8-22(25)23(27)17-4-3-13-26-15-17;1-24(28)12-10-17-16(15-24)6-7-19-18(17)11-13-25(2)20(19)8-9-21(25)23(27)22-5-3-4-14-26-22/h3-11,22,24-26,28-29,34H,12-20H2,1-2H3;4,8,13,17-22,29H,3,5-7,9-12,14-15H2,1-2H3;10,14,16-20,29H,5-9,11-13,15H2,1-4H3;3-4,13,15-16,18-22,28H,5-12,14H2,1-2H3;3-5,14,16-21,28H,6-13,15H2,1-2H3/t22-,24-,25+,26+,28-,29+,31+,32-;17-,18-,19+,20+,21-,22+,26+,27-;16-,17-,18-,19-,20+,23+,24-,25-;16-,18-,19+,20+,21-,22+,24+,25-;16-,17-,18+,19+,20-,21+,24+,25-/m00000/s1. The number of hydrogen-bond acceptors (Lipinski definition) is 15. The number of fused-ring (bicyclic) bond motifs is 26. The van der Waals surface area contributed by atoms with E-state index < -0.39 is 28.0 Å². The summed E-state index contributed by atoms with van der Waals surface area (Å²) in [6, 6.07) is 35.8. The maximum atomic E-state index is 14.1. The quantitative estimate of drug-likeness (QED) is 0.0757. The highest BCUT2D eigenvalue weighted by molar-refractivity contribution is 6.04. The van der Waals surface area contributed by atoms with Crippen LogP contribution in [0.1, 0.15) is 417 Å². The second-order valence-corrected chi connectivity index (χ2v) is 58.1. The van der Waals surface area contributed by atoms with Crippen molar-refractivity contribution in [1.82, 2.24) is 19.7 Å². The van der Waals surface area contributed by atoms with Crippen LogP contribution < -0.4 is 9.47 Å². The Kier molecular flexibility index (Phi) is 28.5. The number of carbonyl (C=O) groups is 5. The zero-order valence-electron chi connectivity index (χ0n) is 93.4. The minimum absolute atomic E-state index is 0.127. The molecule has 0 radical (unpaired) electrons. The third-order valence-corrected chi connectivity index (χ3v) is 50.2. The molecule has 6 aromatic rings. The number of hydrogen-bond donors (Lipinski definition) is 5. The molecular weight excluding hydrogens is 1860 g/mol. The molecule has 40 atom stereocenters. The molecule has 3 aromatic carbocycles. The van der Waals surface area contributed by atoms with E-state index in [1.54, 1.807) is 23.3 Å². The SMILES string of the molecule is C[C@@]1(O)CC[C@H]2[C@@H](CC[C@@H]3[C@@H]2CC[C@]2(C)[C@@H](C(=O)c4ccc5c(c4)OCO5)CC[C@@H]32)C1.C[C@@]1(O)CC[C@H]2[C@@H](CC[C@@H]3[C@@H]2CC[C@]2(C)[C@@H](C(=O)c4ccccc4-c4ccccc4)CC[C@@H]32)C1.C[C@@]1(O)CC[C@H]2[C@@H](CC[C@@H]3[C@@H]2CC[C@]2(C)[C@@H](C(=O)c4ccccn4)CC[C@@H]32)C1.C[C@@]1(O)CC[C@H]2[C@@H](CC[C@@H]3[C@@H]2CC[C@]2(C)[C@@H](C(=O)c4cccnc4)CC[C@@H]32)C1.Cn1ccc(C(=O)[C@H]2CC[C@H]3[C@@H]4CC[C@H]5C[C@](C)(O)CC[C@]5(C)[C@H]4CC[C@]23C)n1. The predicted molar refractivity (Wildman–Crippen MR) is 589 cm³/mol. The fraction of sp³-hybridized carbons (Fsp3) is 0.731. The topological polar surface area (TPSA) is 249 Å². The van der Waals surface area contributed by atoms with Crippen molar-refractivity contribution < 1.29 is 59.0 Å². The lowest BCUT2D eigenvalue weighted by Gasteiger charge is -2.61. The van der Waals surface area contributed by atoms with Gasteiger partial charge in [0.25, 0.3) is 0 Å². The summed E-state index contributed by atoms with van der Waals surface area (Å²) >= 11 is 0. The molecule has 4 heterocycles. The predicted octanol–water partition coefficient (Wildman–Crippen LogP) is 28.8. The maximum absolute atomic E-state index is 14.1. The molecule has 812 valence electrons. The van der Waals surface area contributed by atoms with Crippen LogP contribution in [-0.4, -0.2) is 109 Å². The number of aromatic nitrogens is 4. The first-order chi connectivity index (χ1) is 71.6. The van der Waals surface area contributed by atoms with Crippen molar-refractivity contribution in [3.63, 3.8) is 0 Å². The number of ether oxygens (including phenoxy) is 2. The summed E-state index contributed by atoms with van der Waals surface area (Å²) in [5, 5.41) is 57.5. The van der Waals surface area contributed by atoms with Crippen molar-refractivity contribution in [2.45, 2.75) is 393 Å². The van der Waals surface area contributed by atoms with Crippen molar-refractivity contribution in [2.75, 3.05) is 6.79 Å².